The standard InChI is InChI=1S/C23H25N3O4/c1-15-9-16(2)11-18(10-15)24-21(27)13-26-19-12-17(23(29)25-7-3-4-8-25)5-6-20(19)30-14-22(26)28/h5-6,9-12H,3-4,7-8,13-14H2,1-2H3,(H,24,27). The normalized spacial score (nSPS) is 15.6. The number of carbonyl (C=O) groups excluding carboxylic acids is 3. The number of nitrogens with zero attached hydrogens (tertiary/aromatic N) is 2. The second-order valence-corrected chi connectivity index (χ2v) is 7.87. The Labute approximate surface area is 175 Å². The fourth-order valence-corrected chi connectivity index (χ4v) is 4.00. The van der Waals surface area contributed by atoms with Crippen LogP contribution in [-0.4, -0.2) is 48.9 Å². The van der Waals surface area contributed by atoms with Crippen molar-refractivity contribution in [2.45, 2.75) is 26.7 Å². The SMILES string of the molecule is Cc1cc(C)cc(NC(=O)CN2C(=O)COc3ccc(C(=O)N4CCCC4)cc32)c1. The van der Waals surface area contributed by atoms with Gasteiger partial charge < -0.3 is 15.0 Å². The van der Waals surface area contributed by atoms with Crippen LogP contribution in [0.3, 0.4) is 0 Å². The molecule has 2 aromatic rings. The monoisotopic (exact) mass is 407 g/mol. The highest BCUT2D eigenvalue weighted by atomic mass is 16.5. The third-order valence-corrected chi connectivity index (χ3v) is 5.35. The molecule has 0 aliphatic carbocycles. The maximum atomic E-state index is 12.8. The summed E-state index contributed by atoms with van der Waals surface area (Å²) >= 11 is 0. The predicted molar refractivity (Wildman–Crippen MR) is 114 cm³/mol. The topological polar surface area (TPSA) is 79.0 Å². The van der Waals surface area contributed by atoms with E-state index in [9.17, 15) is 14.4 Å². The summed E-state index contributed by atoms with van der Waals surface area (Å²) in [7, 11) is 0. The molecule has 156 valence electrons. The van der Waals surface area contributed by atoms with E-state index in [0.717, 1.165) is 37.1 Å². The summed E-state index contributed by atoms with van der Waals surface area (Å²) in [5, 5.41) is 2.86. The Balaban J connectivity index is 1.55. The summed E-state index contributed by atoms with van der Waals surface area (Å²) in [6.07, 6.45) is 2.01. The zero-order chi connectivity index (χ0) is 21.3. The highest BCUT2D eigenvalue weighted by molar-refractivity contribution is 6.06. The van der Waals surface area contributed by atoms with Gasteiger partial charge in [-0.05, 0) is 68.1 Å². The summed E-state index contributed by atoms with van der Waals surface area (Å²) in [5.41, 5.74) is 3.73. The van der Waals surface area contributed by atoms with E-state index < -0.39 is 0 Å². The first-order valence-corrected chi connectivity index (χ1v) is 10.2. The average Bonchev–Trinajstić information content (AvgIpc) is 3.23. The number of hydrogen-bond donors (Lipinski definition) is 1. The molecule has 1 saturated heterocycles. The van der Waals surface area contributed by atoms with Crippen LogP contribution >= 0.6 is 0 Å². The van der Waals surface area contributed by atoms with E-state index in [1.165, 1.54) is 4.90 Å². The van der Waals surface area contributed by atoms with Gasteiger partial charge in [-0.2, -0.15) is 0 Å². The Bertz CT molecular complexity index is 991. The van der Waals surface area contributed by atoms with Gasteiger partial charge in [-0.15, -0.1) is 0 Å². The fraction of sp³-hybridized carbons (Fsp3) is 0.348. The molecular formula is C23H25N3O4. The number of amides is 3. The lowest BCUT2D eigenvalue weighted by Gasteiger charge is -2.29. The van der Waals surface area contributed by atoms with Crippen molar-refractivity contribution in [3.63, 3.8) is 0 Å². The van der Waals surface area contributed by atoms with Crippen molar-refractivity contribution in [1.29, 1.82) is 0 Å². The minimum absolute atomic E-state index is 0.0621. The number of fused-ring (bicyclic) bond motifs is 1. The molecule has 1 fully saturated rings. The van der Waals surface area contributed by atoms with Crippen LogP contribution in [0.25, 0.3) is 0 Å². The first kappa shape index (κ1) is 19.9. The lowest BCUT2D eigenvalue weighted by molar-refractivity contribution is -0.123. The van der Waals surface area contributed by atoms with Crippen molar-refractivity contribution < 1.29 is 19.1 Å². The Morgan fingerprint density at radius 1 is 1.03 bits per heavy atom. The highest BCUT2D eigenvalue weighted by Crippen LogP contribution is 2.33. The molecule has 7 heteroatoms. The molecule has 2 aliphatic rings. The molecule has 0 radical (unpaired) electrons. The zero-order valence-electron chi connectivity index (χ0n) is 17.2. The number of rotatable bonds is 4. The van der Waals surface area contributed by atoms with Crippen molar-refractivity contribution in [1.82, 2.24) is 4.90 Å². The number of hydrogen-bond acceptors (Lipinski definition) is 4. The van der Waals surface area contributed by atoms with Crippen LogP contribution in [0.2, 0.25) is 0 Å². The number of benzene rings is 2. The first-order valence-electron chi connectivity index (χ1n) is 10.2. The van der Waals surface area contributed by atoms with Gasteiger partial charge in [0.15, 0.2) is 6.61 Å². The summed E-state index contributed by atoms with van der Waals surface area (Å²) < 4.78 is 5.51. The fourth-order valence-electron chi connectivity index (χ4n) is 4.00. The lowest BCUT2D eigenvalue weighted by atomic mass is 10.1. The van der Waals surface area contributed by atoms with Gasteiger partial charge in [0.1, 0.15) is 12.3 Å². The lowest BCUT2D eigenvalue weighted by Crippen LogP contribution is -2.43. The largest absolute Gasteiger partial charge is 0.482 e. The van der Waals surface area contributed by atoms with Crippen molar-refractivity contribution >= 4 is 29.1 Å². The average molecular weight is 407 g/mol. The van der Waals surface area contributed by atoms with Crippen molar-refractivity contribution in [3.8, 4) is 5.75 Å². The maximum absolute atomic E-state index is 12.8. The van der Waals surface area contributed by atoms with Gasteiger partial charge in [0.25, 0.3) is 11.8 Å². The number of anilines is 2. The Hall–Kier alpha value is -3.35. The van der Waals surface area contributed by atoms with Crippen LogP contribution in [0.5, 0.6) is 5.75 Å². The number of nitrogens with one attached hydrogen (secondary N) is 1. The van der Waals surface area contributed by atoms with Crippen LogP contribution in [0, 0.1) is 13.8 Å². The molecule has 0 bridgehead atoms. The first-order chi connectivity index (χ1) is 14.4. The molecular weight excluding hydrogens is 382 g/mol. The predicted octanol–water partition coefficient (Wildman–Crippen LogP) is 2.90. The van der Waals surface area contributed by atoms with Gasteiger partial charge >= 0.3 is 0 Å². The number of likely N-dealkylation sites (tertiary alicyclic amines) is 1. The van der Waals surface area contributed by atoms with Gasteiger partial charge in [-0.3, -0.25) is 19.3 Å². The second kappa shape index (κ2) is 8.18. The van der Waals surface area contributed by atoms with Gasteiger partial charge in [0.05, 0.1) is 5.69 Å². The summed E-state index contributed by atoms with van der Waals surface area (Å²) in [5.74, 6) is -0.193. The smallest absolute Gasteiger partial charge is 0.265 e. The molecule has 7 nitrogen and oxygen atoms in total. The number of ether oxygens (including phenoxy) is 1. The van der Waals surface area contributed by atoms with E-state index >= 15 is 0 Å². The van der Waals surface area contributed by atoms with Gasteiger partial charge in [0, 0.05) is 24.3 Å². The van der Waals surface area contributed by atoms with E-state index in [4.69, 9.17) is 4.74 Å². The zero-order valence-corrected chi connectivity index (χ0v) is 17.2. The molecule has 2 heterocycles. The quantitative estimate of drug-likeness (QED) is 0.845. The molecule has 0 spiro atoms. The summed E-state index contributed by atoms with van der Waals surface area (Å²) in [6.45, 7) is 5.13. The molecule has 2 aromatic carbocycles. The van der Waals surface area contributed by atoms with Gasteiger partial charge in [-0.25, -0.2) is 0 Å². The molecule has 4 rings (SSSR count). The van der Waals surface area contributed by atoms with Crippen molar-refractivity contribution in [2.75, 3.05) is 36.5 Å². The molecule has 0 saturated carbocycles. The van der Waals surface area contributed by atoms with Gasteiger partial charge in [0.2, 0.25) is 5.91 Å². The highest BCUT2D eigenvalue weighted by Gasteiger charge is 2.29. The molecule has 0 unspecified atom stereocenters. The second-order valence-electron chi connectivity index (χ2n) is 7.87. The Morgan fingerprint density at radius 3 is 2.43 bits per heavy atom. The number of aryl methyl sites for hydroxylation is 2. The van der Waals surface area contributed by atoms with Crippen LogP contribution in [0.1, 0.15) is 34.3 Å². The van der Waals surface area contributed by atoms with E-state index in [-0.39, 0.29) is 30.9 Å². The summed E-state index contributed by atoms with van der Waals surface area (Å²) in [6, 6.07) is 10.8. The molecule has 1 N–H and O–H groups in total. The van der Waals surface area contributed by atoms with E-state index in [1.807, 2.05) is 36.9 Å². The van der Waals surface area contributed by atoms with Crippen LogP contribution in [-0.2, 0) is 9.59 Å². The molecule has 0 aromatic heterocycles. The van der Waals surface area contributed by atoms with Crippen LogP contribution < -0.4 is 15.0 Å². The number of carbonyl (C=O) groups is 3. The summed E-state index contributed by atoms with van der Waals surface area (Å²) in [4.78, 5) is 41.1. The minimum atomic E-state index is -0.316. The third kappa shape index (κ3) is 4.15. The van der Waals surface area contributed by atoms with Crippen molar-refractivity contribution in [3.05, 3.63) is 53.1 Å². The molecule has 2 aliphatic heterocycles. The minimum Gasteiger partial charge on any atom is -0.482 e. The molecule has 3 amide bonds. The Kier molecular flexibility index (Phi) is 5.44. The van der Waals surface area contributed by atoms with E-state index in [0.29, 0.717) is 22.7 Å². The molecule has 0 atom stereocenters. The third-order valence-electron chi connectivity index (χ3n) is 5.35. The van der Waals surface area contributed by atoms with Crippen molar-refractivity contribution in [2.24, 2.45) is 0 Å². The Morgan fingerprint density at radius 2 is 1.73 bits per heavy atom. The van der Waals surface area contributed by atoms with Crippen LogP contribution in [0.4, 0.5) is 11.4 Å². The molecule has 30 heavy (non-hydrogen) atoms. The van der Waals surface area contributed by atoms with Gasteiger partial charge in [-0.1, -0.05) is 6.07 Å². The van der Waals surface area contributed by atoms with E-state index in [2.05, 4.69) is 5.32 Å². The van der Waals surface area contributed by atoms with E-state index in [1.54, 1.807) is 18.2 Å². The maximum Gasteiger partial charge on any atom is 0.265 e. The van der Waals surface area contributed by atoms with Crippen LogP contribution in [0.15, 0.2) is 36.4 Å².